The first kappa shape index (κ1) is 11.9. The molecule has 0 aromatic heterocycles. The highest BCUT2D eigenvalue weighted by Gasteiger charge is 2.21. The molecule has 92 valence electrons. The van der Waals surface area contributed by atoms with Crippen molar-refractivity contribution in [2.24, 2.45) is 5.73 Å². The van der Waals surface area contributed by atoms with E-state index < -0.39 is 12.0 Å². The predicted octanol–water partition coefficient (Wildman–Crippen LogP) is 1.57. The monoisotopic (exact) mass is 235 g/mol. The van der Waals surface area contributed by atoms with Gasteiger partial charge in [-0.25, -0.2) is 0 Å². The van der Waals surface area contributed by atoms with Gasteiger partial charge in [0.2, 0.25) is 0 Å². The van der Waals surface area contributed by atoms with Crippen molar-refractivity contribution in [2.75, 3.05) is 0 Å². The Morgan fingerprint density at radius 3 is 2.76 bits per heavy atom. The fourth-order valence-corrected chi connectivity index (χ4v) is 1.78. The van der Waals surface area contributed by atoms with Gasteiger partial charge in [0.05, 0.1) is 6.10 Å². The van der Waals surface area contributed by atoms with E-state index in [1.807, 2.05) is 24.3 Å². The van der Waals surface area contributed by atoms with Crippen LogP contribution in [-0.4, -0.2) is 23.2 Å². The molecule has 4 nitrogen and oxygen atoms in total. The number of carboxylic acid groups (broad SMARTS) is 1. The van der Waals surface area contributed by atoms with E-state index in [0.29, 0.717) is 6.42 Å². The minimum Gasteiger partial charge on any atom is -0.490 e. The summed E-state index contributed by atoms with van der Waals surface area (Å²) < 4.78 is 5.81. The average molecular weight is 235 g/mol. The molecule has 0 bridgehead atoms. The maximum Gasteiger partial charge on any atom is 0.320 e. The van der Waals surface area contributed by atoms with Gasteiger partial charge < -0.3 is 15.6 Å². The van der Waals surface area contributed by atoms with Crippen molar-refractivity contribution in [1.82, 2.24) is 0 Å². The van der Waals surface area contributed by atoms with Gasteiger partial charge in [-0.2, -0.15) is 0 Å². The molecule has 1 aromatic rings. The Hall–Kier alpha value is -1.55. The first-order valence-electron chi connectivity index (χ1n) is 5.90. The van der Waals surface area contributed by atoms with E-state index >= 15 is 0 Å². The molecule has 1 saturated carbocycles. The molecule has 1 aromatic carbocycles. The number of aliphatic carboxylic acids is 1. The van der Waals surface area contributed by atoms with Crippen LogP contribution in [0.5, 0.6) is 5.75 Å². The van der Waals surface area contributed by atoms with Gasteiger partial charge in [-0.05, 0) is 30.9 Å². The van der Waals surface area contributed by atoms with Crippen LogP contribution >= 0.6 is 0 Å². The van der Waals surface area contributed by atoms with E-state index in [1.54, 1.807) is 0 Å². The van der Waals surface area contributed by atoms with Gasteiger partial charge in [0.15, 0.2) is 0 Å². The molecule has 1 fully saturated rings. The van der Waals surface area contributed by atoms with Crippen molar-refractivity contribution in [2.45, 2.75) is 37.8 Å². The summed E-state index contributed by atoms with van der Waals surface area (Å²) in [5.41, 5.74) is 6.41. The maximum atomic E-state index is 10.7. The van der Waals surface area contributed by atoms with Gasteiger partial charge in [0, 0.05) is 6.42 Å². The highest BCUT2D eigenvalue weighted by molar-refractivity contribution is 5.73. The van der Waals surface area contributed by atoms with Crippen molar-refractivity contribution < 1.29 is 14.6 Å². The minimum absolute atomic E-state index is 0.289. The standard InChI is InChI=1S/C13H17NO3/c14-11(13(15)16)8-9-4-1-2-7-12(9)17-10-5-3-6-10/h1-2,4,7,10-11H,3,5-6,8,14H2,(H,15,16). The third-order valence-electron chi connectivity index (χ3n) is 3.08. The molecule has 1 aliphatic carbocycles. The lowest BCUT2D eigenvalue weighted by molar-refractivity contribution is -0.138. The molecule has 17 heavy (non-hydrogen) atoms. The molecule has 4 heteroatoms. The van der Waals surface area contributed by atoms with E-state index in [1.165, 1.54) is 6.42 Å². The van der Waals surface area contributed by atoms with Gasteiger partial charge in [-0.15, -0.1) is 0 Å². The molecule has 0 heterocycles. The van der Waals surface area contributed by atoms with Gasteiger partial charge in [-0.3, -0.25) is 4.79 Å². The molecule has 1 unspecified atom stereocenters. The molecule has 0 amide bonds. The van der Waals surface area contributed by atoms with E-state index in [2.05, 4.69) is 0 Å². The van der Waals surface area contributed by atoms with Gasteiger partial charge in [-0.1, -0.05) is 18.2 Å². The molecular formula is C13H17NO3. The van der Waals surface area contributed by atoms with Crippen LogP contribution in [0.2, 0.25) is 0 Å². The fourth-order valence-electron chi connectivity index (χ4n) is 1.78. The van der Waals surface area contributed by atoms with Crippen LogP contribution in [-0.2, 0) is 11.2 Å². The number of carboxylic acids is 1. The SMILES string of the molecule is NC(Cc1ccccc1OC1CCC1)C(=O)O. The Labute approximate surface area is 100 Å². The Morgan fingerprint density at radius 1 is 1.47 bits per heavy atom. The zero-order valence-electron chi connectivity index (χ0n) is 9.63. The molecule has 1 atom stereocenters. The zero-order valence-corrected chi connectivity index (χ0v) is 9.63. The molecule has 3 N–H and O–H groups in total. The first-order chi connectivity index (χ1) is 8.16. The molecule has 0 spiro atoms. The van der Waals surface area contributed by atoms with E-state index in [0.717, 1.165) is 24.2 Å². The normalized spacial score (nSPS) is 17.2. The number of hydrogen-bond acceptors (Lipinski definition) is 3. The van der Waals surface area contributed by atoms with Gasteiger partial charge >= 0.3 is 5.97 Å². The van der Waals surface area contributed by atoms with E-state index in [-0.39, 0.29) is 6.10 Å². The molecule has 0 saturated heterocycles. The summed E-state index contributed by atoms with van der Waals surface area (Å²) in [7, 11) is 0. The third-order valence-corrected chi connectivity index (χ3v) is 3.08. The lowest BCUT2D eigenvalue weighted by Gasteiger charge is -2.27. The van der Waals surface area contributed by atoms with Crippen LogP contribution in [0, 0.1) is 0 Å². The number of ether oxygens (including phenoxy) is 1. The quantitative estimate of drug-likeness (QED) is 0.812. The van der Waals surface area contributed by atoms with Gasteiger partial charge in [0.1, 0.15) is 11.8 Å². The zero-order chi connectivity index (χ0) is 12.3. The fraction of sp³-hybridized carbons (Fsp3) is 0.462. The predicted molar refractivity (Wildman–Crippen MR) is 64.0 cm³/mol. The summed E-state index contributed by atoms with van der Waals surface area (Å²) in [6.45, 7) is 0. The second kappa shape index (κ2) is 5.19. The summed E-state index contributed by atoms with van der Waals surface area (Å²) in [4.78, 5) is 10.7. The van der Waals surface area contributed by atoms with Crippen molar-refractivity contribution in [3.05, 3.63) is 29.8 Å². The van der Waals surface area contributed by atoms with Crippen LogP contribution in [0.1, 0.15) is 24.8 Å². The van der Waals surface area contributed by atoms with Crippen LogP contribution in [0.25, 0.3) is 0 Å². The largest absolute Gasteiger partial charge is 0.490 e. The second-order valence-electron chi connectivity index (χ2n) is 4.43. The Balaban J connectivity index is 2.06. The molecule has 2 rings (SSSR count). The smallest absolute Gasteiger partial charge is 0.320 e. The number of rotatable bonds is 5. The summed E-state index contributed by atoms with van der Waals surface area (Å²) >= 11 is 0. The van der Waals surface area contributed by atoms with Crippen LogP contribution in [0.3, 0.4) is 0 Å². The number of benzene rings is 1. The highest BCUT2D eigenvalue weighted by Crippen LogP contribution is 2.28. The highest BCUT2D eigenvalue weighted by atomic mass is 16.5. The van der Waals surface area contributed by atoms with Crippen molar-refractivity contribution in [3.8, 4) is 5.75 Å². The Bertz CT molecular complexity index is 401. The maximum absolute atomic E-state index is 10.7. The lowest BCUT2D eigenvalue weighted by atomic mass is 9.96. The third kappa shape index (κ3) is 2.97. The summed E-state index contributed by atoms with van der Waals surface area (Å²) in [6.07, 6.45) is 3.97. The summed E-state index contributed by atoms with van der Waals surface area (Å²) in [6, 6.07) is 6.64. The number of nitrogens with two attached hydrogens (primary N) is 1. The van der Waals surface area contributed by atoms with Crippen LogP contribution in [0.15, 0.2) is 24.3 Å². The summed E-state index contributed by atoms with van der Waals surface area (Å²) in [5, 5.41) is 8.81. The molecule has 1 aliphatic rings. The van der Waals surface area contributed by atoms with Gasteiger partial charge in [0.25, 0.3) is 0 Å². The number of para-hydroxylation sites is 1. The Morgan fingerprint density at radius 2 is 2.18 bits per heavy atom. The molecular weight excluding hydrogens is 218 g/mol. The van der Waals surface area contributed by atoms with Crippen molar-refractivity contribution in [1.29, 1.82) is 0 Å². The van der Waals surface area contributed by atoms with Crippen molar-refractivity contribution in [3.63, 3.8) is 0 Å². The topological polar surface area (TPSA) is 72.5 Å². The number of carbonyl (C=O) groups is 1. The van der Waals surface area contributed by atoms with E-state index in [9.17, 15) is 4.79 Å². The second-order valence-corrected chi connectivity index (χ2v) is 4.43. The molecule has 0 aliphatic heterocycles. The van der Waals surface area contributed by atoms with Crippen LogP contribution < -0.4 is 10.5 Å². The van der Waals surface area contributed by atoms with Crippen LogP contribution in [0.4, 0.5) is 0 Å². The van der Waals surface area contributed by atoms with E-state index in [4.69, 9.17) is 15.6 Å². The first-order valence-corrected chi connectivity index (χ1v) is 5.90. The lowest BCUT2D eigenvalue weighted by Crippen LogP contribution is -2.32. The molecule has 0 radical (unpaired) electrons. The Kier molecular flexibility index (Phi) is 3.64. The summed E-state index contributed by atoms with van der Waals surface area (Å²) in [5.74, 6) is -0.211. The number of hydrogen-bond donors (Lipinski definition) is 2. The average Bonchev–Trinajstić information content (AvgIpc) is 2.25. The van der Waals surface area contributed by atoms with Crippen molar-refractivity contribution >= 4 is 5.97 Å². The minimum atomic E-state index is -0.983.